The van der Waals surface area contributed by atoms with Crippen molar-refractivity contribution in [3.8, 4) is 5.75 Å². The molecule has 2 aromatic heterocycles. The fourth-order valence-corrected chi connectivity index (χ4v) is 3.05. The number of imidazole rings is 1. The molecule has 0 aliphatic heterocycles. The second-order valence-electron chi connectivity index (χ2n) is 6.35. The Morgan fingerprint density at radius 3 is 2.61 bits per heavy atom. The van der Waals surface area contributed by atoms with Crippen molar-refractivity contribution in [2.45, 2.75) is 25.9 Å². The Morgan fingerprint density at radius 1 is 1.18 bits per heavy atom. The standard InChI is InChI=1S/C20H21ClN4O3/c1-13(26)23-18(14-3-6-17(28-2)7-4-14)9-20(27)22-10-16-12-25-11-15(21)5-8-19(25)24-16/h3-8,11-12,18H,9-10H2,1-2H3,(H,22,27)(H,23,26). The highest BCUT2D eigenvalue weighted by Crippen LogP contribution is 2.20. The first kappa shape index (κ1) is 19.7. The van der Waals surface area contributed by atoms with Crippen molar-refractivity contribution in [2.75, 3.05) is 7.11 Å². The molecule has 28 heavy (non-hydrogen) atoms. The number of ether oxygens (including phenoxy) is 1. The van der Waals surface area contributed by atoms with E-state index in [2.05, 4.69) is 15.6 Å². The molecule has 1 atom stereocenters. The fraction of sp³-hybridized carbons (Fsp3) is 0.250. The SMILES string of the molecule is COc1ccc(C(CC(=O)NCc2cn3cc(Cl)ccc3n2)NC(C)=O)cc1. The second-order valence-corrected chi connectivity index (χ2v) is 6.79. The number of nitrogens with zero attached hydrogens (tertiary/aromatic N) is 2. The Hall–Kier alpha value is -3.06. The zero-order chi connectivity index (χ0) is 20.1. The Balaban J connectivity index is 1.64. The van der Waals surface area contributed by atoms with Crippen LogP contribution in [0, 0.1) is 0 Å². The summed E-state index contributed by atoms with van der Waals surface area (Å²) >= 11 is 5.97. The third-order valence-electron chi connectivity index (χ3n) is 4.22. The number of aromatic nitrogens is 2. The van der Waals surface area contributed by atoms with Crippen LogP contribution in [0.15, 0.2) is 48.8 Å². The van der Waals surface area contributed by atoms with Crippen LogP contribution in [0.3, 0.4) is 0 Å². The van der Waals surface area contributed by atoms with Crippen LogP contribution >= 0.6 is 11.6 Å². The van der Waals surface area contributed by atoms with Crippen LogP contribution in [0.1, 0.15) is 30.6 Å². The van der Waals surface area contributed by atoms with Gasteiger partial charge in [0.05, 0.1) is 36.8 Å². The number of nitrogens with one attached hydrogen (secondary N) is 2. The molecule has 1 unspecified atom stereocenters. The quantitative estimate of drug-likeness (QED) is 0.638. The van der Waals surface area contributed by atoms with Gasteiger partial charge in [0.2, 0.25) is 11.8 Å². The van der Waals surface area contributed by atoms with Gasteiger partial charge < -0.3 is 19.8 Å². The Kier molecular flexibility index (Phi) is 6.16. The normalized spacial score (nSPS) is 11.8. The van der Waals surface area contributed by atoms with Gasteiger partial charge in [-0.2, -0.15) is 0 Å². The maximum absolute atomic E-state index is 12.4. The monoisotopic (exact) mass is 400 g/mol. The molecule has 8 heteroatoms. The minimum atomic E-state index is -0.428. The number of fused-ring (bicyclic) bond motifs is 1. The summed E-state index contributed by atoms with van der Waals surface area (Å²) in [4.78, 5) is 28.4. The highest BCUT2D eigenvalue weighted by molar-refractivity contribution is 6.30. The number of halogens is 1. The first-order valence-electron chi connectivity index (χ1n) is 8.75. The number of carbonyl (C=O) groups excluding carboxylic acids is 2. The van der Waals surface area contributed by atoms with Crippen molar-refractivity contribution < 1.29 is 14.3 Å². The van der Waals surface area contributed by atoms with E-state index in [1.165, 1.54) is 6.92 Å². The van der Waals surface area contributed by atoms with Crippen LogP contribution in [0.4, 0.5) is 0 Å². The average molecular weight is 401 g/mol. The lowest BCUT2D eigenvalue weighted by Crippen LogP contribution is -2.32. The summed E-state index contributed by atoms with van der Waals surface area (Å²) in [6.45, 7) is 1.71. The molecule has 2 heterocycles. The molecule has 7 nitrogen and oxygen atoms in total. The van der Waals surface area contributed by atoms with Gasteiger partial charge in [-0.15, -0.1) is 0 Å². The minimum absolute atomic E-state index is 0.116. The topological polar surface area (TPSA) is 84.7 Å². The van der Waals surface area contributed by atoms with Gasteiger partial charge in [0.1, 0.15) is 11.4 Å². The first-order chi connectivity index (χ1) is 13.4. The van der Waals surface area contributed by atoms with Gasteiger partial charge in [-0.1, -0.05) is 23.7 Å². The third kappa shape index (κ3) is 5.01. The molecule has 2 N–H and O–H groups in total. The maximum Gasteiger partial charge on any atom is 0.222 e. The largest absolute Gasteiger partial charge is 0.497 e. The average Bonchev–Trinajstić information content (AvgIpc) is 3.07. The van der Waals surface area contributed by atoms with Crippen molar-refractivity contribution in [2.24, 2.45) is 0 Å². The van der Waals surface area contributed by atoms with E-state index in [0.29, 0.717) is 10.8 Å². The minimum Gasteiger partial charge on any atom is -0.497 e. The van der Waals surface area contributed by atoms with Crippen LogP contribution in [0.5, 0.6) is 5.75 Å². The summed E-state index contributed by atoms with van der Waals surface area (Å²) in [7, 11) is 1.58. The molecule has 0 saturated heterocycles. The van der Waals surface area contributed by atoms with Crippen LogP contribution in [0.2, 0.25) is 5.02 Å². The molecule has 3 aromatic rings. The third-order valence-corrected chi connectivity index (χ3v) is 4.44. The van der Waals surface area contributed by atoms with Crippen molar-refractivity contribution >= 4 is 29.1 Å². The molecule has 0 saturated carbocycles. The number of methoxy groups -OCH3 is 1. The molecular weight excluding hydrogens is 380 g/mol. The Bertz CT molecular complexity index is 985. The Morgan fingerprint density at radius 2 is 1.93 bits per heavy atom. The van der Waals surface area contributed by atoms with Gasteiger partial charge in [-0.3, -0.25) is 9.59 Å². The fourth-order valence-electron chi connectivity index (χ4n) is 2.88. The first-order valence-corrected chi connectivity index (χ1v) is 9.13. The summed E-state index contributed by atoms with van der Waals surface area (Å²) < 4.78 is 6.95. The van der Waals surface area contributed by atoms with Gasteiger partial charge in [0, 0.05) is 19.3 Å². The number of pyridine rings is 1. The van der Waals surface area contributed by atoms with Crippen molar-refractivity contribution in [1.82, 2.24) is 20.0 Å². The number of amides is 2. The molecule has 2 amide bonds. The lowest BCUT2D eigenvalue weighted by molar-refractivity contribution is -0.122. The second kappa shape index (κ2) is 8.75. The zero-order valence-electron chi connectivity index (χ0n) is 15.6. The van der Waals surface area contributed by atoms with Gasteiger partial charge in [0.15, 0.2) is 0 Å². The Labute approximate surface area is 167 Å². The molecular formula is C20H21ClN4O3. The van der Waals surface area contributed by atoms with Crippen LogP contribution in [-0.2, 0) is 16.1 Å². The van der Waals surface area contributed by atoms with Crippen molar-refractivity contribution in [3.63, 3.8) is 0 Å². The van der Waals surface area contributed by atoms with Crippen molar-refractivity contribution in [1.29, 1.82) is 0 Å². The van der Waals surface area contributed by atoms with E-state index in [1.54, 1.807) is 35.9 Å². The maximum atomic E-state index is 12.4. The van der Waals surface area contributed by atoms with E-state index in [-0.39, 0.29) is 24.8 Å². The molecule has 0 radical (unpaired) electrons. The highest BCUT2D eigenvalue weighted by atomic mass is 35.5. The molecule has 0 fully saturated rings. The van der Waals surface area contributed by atoms with Crippen LogP contribution in [0.25, 0.3) is 5.65 Å². The summed E-state index contributed by atoms with van der Waals surface area (Å²) in [6.07, 6.45) is 3.69. The lowest BCUT2D eigenvalue weighted by Gasteiger charge is -2.18. The van der Waals surface area contributed by atoms with Gasteiger partial charge >= 0.3 is 0 Å². The van der Waals surface area contributed by atoms with E-state index in [9.17, 15) is 9.59 Å². The number of hydrogen-bond donors (Lipinski definition) is 2. The van der Waals surface area contributed by atoms with Crippen LogP contribution in [-0.4, -0.2) is 28.3 Å². The highest BCUT2D eigenvalue weighted by Gasteiger charge is 2.17. The lowest BCUT2D eigenvalue weighted by atomic mass is 10.0. The zero-order valence-corrected chi connectivity index (χ0v) is 16.4. The van der Waals surface area contributed by atoms with Crippen molar-refractivity contribution in [3.05, 3.63) is 65.1 Å². The molecule has 3 rings (SSSR count). The smallest absolute Gasteiger partial charge is 0.222 e. The number of rotatable bonds is 7. The summed E-state index contributed by atoms with van der Waals surface area (Å²) in [5, 5.41) is 6.27. The molecule has 146 valence electrons. The summed E-state index contributed by atoms with van der Waals surface area (Å²) in [6, 6.07) is 10.4. The summed E-state index contributed by atoms with van der Waals surface area (Å²) in [5.41, 5.74) is 2.30. The predicted octanol–water partition coefficient (Wildman–Crippen LogP) is 2.88. The predicted molar refractivity (Wildman–Crippen MR) is 106 cm³/mol. The molecule has 0 aliphatic rings. The number of benzene rings is 1. The molecule has 0 spiro atoms. The summed E-state index contributed by atoms with van der Waals surface area (Å²) in [5.74, 6) is 0.317. The molecule has 1 aromatic carbocycles. The van der Waals surface area contributed by atoms with Gasteiger partial charge in [0.25, 0.3) is 0 Å². The van der Waals surface area contributed by atoms with E-state index < -0.39 is 6.04 Å². The number of carbonyl (C=O) groups is 2. The molecule has 0 aliphatic carbocycles. The van der Waals surface area contributed by atoms with Gasteiger partial charge in [-0.25, -0.2) is 4.98 Å². The van der Waals surface area contributed by atoms with Crippen LogP contribution < -0.4 is 15.4 Å². The van der Waals surface area contributed by atoms with E-state index in [0.717, 1.165) is 16.9 Å². The van der Waals surface area contributed by atoms with E-state index in [4.69, 9.17) is 16.3 Å². The number of hydrogen-bond acceptors (Lipinski definition) is 4. The van der Waals surface area contributed by atoms with E-state index >= 15 is 0 Å². The van der Waals surface area contributed by atoms with E-state index in [1.807, 2.05) is 24.4 Å². The van der Waals surface area contributed by atoms with Gasteiger partial charge in [-0.05, 0) is 29.8 Å². The molecule has 0 bridgehead atoms.